The summed E-state index contributed by atoms with van der Waals surface area (Å²) >= 11 is 0. The minimum atomic E-state index is -0.380. The fourth-order valence-electron chi connectivity index (χ4n) is 1.19. The first-order valence-electron chi connectivity index (χ1n) is 3.33. The van der Waals surface area contributed by atoms with Crippen LogP contribution in [-0.4, -0.2) is 16.7 Å². The summed E-state index contributed by atoms with van der Waals surface area (Å²) in [4.78, 5) is 10.9. The van der Waals surface area contributed by atoms with Crippen LogP contribution in [0.2, 0.25) is 0 Å². The van der Waals surface area contributed by atoms with E-state index in [1.165, 1.54) is 0 Å². The predicted octanol–water partition coefficient (Wildman–Crippen LogP) is 1.21. The van der Waals surface area contributed by atoms with E-state index < -0.39 is 0 Å². The number of carbonyl (C=O) groups is 1. The van der Waals surface area contributed by atoms with Crippen molar-refractivity contribution in [1.82, 2.24) is 0 Å². The molecule has 0 spiro atoms. The molecular formula is C7H11NO2. The molecule has 0 unspecified atom stereocenters. The molecule has 3 heteroatoms. The second kappa shape index (κ2) is 2.08. The number of carbonyl (C=O) groups excluding carboxylic acids is 1. The second-order valence-corrected chi connectivity index (χ2v) is 2.82. The first-order valence-corrected chi connectivity index (χ1v) is 3.33. The number of oxime groups is 1. The molecule has 10 heavy (non-hydrogen) atoms. The highest BCUT2D eigenvalue weighted by molar-refractivity contribution is 6.10. The first kappa shape index (κ1) is 7.25. The lowest BCUT2D eigenvalue weighted by atomic mass is 9.97. The molecule has 0 radical (unpaired) electrons. The van der Waals surface area contributed by atoms with Crippen LogP contribution in [0.15, 0.2) is 5.16 Å². The van der Waals surface area contributed by atoms with Gasteiger partial charge in [-0.2, -0.15) is 0 Å². The number of rotatable bonds is 2. The molecular weight excluding hydrogens is 130 g/mol. The fourth-order valence-corrected chi connectivity index (χ4v) is 1.19. The molecule has 1 fully saturated rings. The molecule has 0 aromatic heterocycles. The molecule has 0 bridgehead atoms. The molecule has 1 saturated carbocycles. The van der Waals surface area contributed by atoms with Crippen molar-refractivity contribution in [2.24, 2.45) is 10.6 Å². The van der Waals surface area contributed by atoms with Gasteiger partial charge < -0.3 is 5.21 Å². The predicted molar refractivity (Wildman–Crippen MR) is 37.2 cm³/mol. The van der Waals surface area contributed by atoms with Crippen LogP contribution in [0.25, 0.3) is 0 Å². The van der Waals surface area contributed by atoms with Crippen molar-refractivity contribution >= 4 is 11.5 Å². The van der Waals surface area contributed by atoms with Crippen LogP contribution in [0.4, 0.5) is 0 Å². The van der Waals surface area contributed by atoms with Crippen LogP contribution >= 0.6 is 0 Å². The average Bonchev–Trinajstić information content (AvgIpc) is 2.65. The Kier molecular flexibility index (Phi) is 1.50. The summed E-state index contributed by atoms with van der Waals surface area (Å²) in [6.45, 7) is 3.23. The van der Waals surface area contributed by atoms with Gasteiger partial charge in [0.15, 0.2) is 0 Å². The highest BCUT2D eigenvalue weighted by Crippen LogP contribution is 2.47. The monoisotopic (exact) mass is 141 g/mol. The molecule has 0 aromatic carbocycles. The van der Waals surface area contributed by atoms with E-state index in [-0.39, 0.29) is 11.2 Å². The van der Waals surface area contributed by atoms with Gasteiger partial charge in [0.05, 0.1) is 11.1 Å². The third-order valence-corrected chi connectivity index (χ3v) is 2.27. The number of hydrogen-bond donors (Lipinski definition) is 1. The Morgan fingerprint density at radius 3 is 2.10 bits per heavy atom. The Morgan fingerprint density at radius 2 is 2.00 bits per heavy atom. The van der Waals surface area contributed by atoms with Crippen LogP contribution in [0, 0.1) is 5.41 Å². The number of hydrogen-bond acceptors (Lipinski definition) is 3. The molecule has 1 rings (SSSR count). The van der Waals surface area contributed by atoms with Crippen molar-refractivity contribution in [3.8, 4) is 0 Å². The van der Waals surface area contributed by atoms with Crippen LogP contribution in [0.1, 0.15) is 26.7 Å². The van der Waals surface area contributed by atoms with E-state index >= 15 is 0 Å². The van der Waals surface area contributed by atoms with Crippen LogP contribution < -0.4 is 0 Å². The Labute approximate surface area is 59.7 Å². The summed E-state index contributed by atoms with van der Waals surface area (Å²) < 4.78 is 0. The van der Waals surface area contributed by atoms with Crippen molar-refractivity contribution in [3.63, 3.8) is 0 Å². The van der Waals surface area contributed by atoms with Gasteiger partial charge >= 0.3 is 0 Å². The molecule has 0 amide bonds. The van der Waals surface area contributed by atoms with Gasteiger partial charge in [0, 0.05) is 0 Å². The van der Waals surface area contributed by atoms with Gasteiger partial charge in [-0.1, -0.05) is 5.16 Å². The van der Waals surface area contributed by atoms with Gasteiger partial charge in [0.1, 0.15) is 5.78 Å². The second-order valence-electron chi connectivity index (χ2n) is 2.82. The zero-order valence-electron chi connectivity index (χ0n) is 6.22. The minimum Gasteiger partial charge on any atom is -0.411 e. The van der Waals surface area contributed by atoms with Gasteiger partial charge in [-0.15, -0.1) is 0 Å². The van der Waals surface area contributed by atoms with Crippen molar-refractivity contribution in [2.45, 2.75) is 26.7 Å². The SMILES string of the molecule is CC(=O)C1(C(C)=NO)CC1. The smallest absolute Gasteiger partial charge is 0.141 e. The van der Waals surface area contributed by atoms with Gasteiger partial charge in [-0.05, 0) is 26.7 Å². The van der Waals surface area contributed by atoms with Crippen molar-refractivity contribution in [3.05, 3.63) is 0 Å². The topological polar surface area (TPSA) is 49.7 Å². The third-order valence-electron chi connectivity index (χ3n) is 2.27. The van der Waals surface area contributed by atoms with Gasteiger partial charge in [0.2, 0.25) is 0 Å². The van der Waals surface area contributed by atoms with Crippen LogP contribution in [0.3, 0.4) is 0 Å². The summed E-state index contributed by atoms with van der Waals surface area (Å²) in [5.74, 6) is 0.114. The Balaban J connectivity index is 2.79. The molecule has 0 aliphatic heterocycles. The van der Waals surface area contributed by atoms with Gasteiger partial charge in [-0.3, -0.25) is 4.79 Å². The standard InChI is InChI=1S/C7H11NO2/c1-5(8-10)7(3-4-7)6(2)9/h10H,3-4H2,1-2H3. The molecule has 56 valence electrons. The maximum absolute atomic E-state index is 10.9. The minimum absolute atomic E-state index is 0.114. The lowest BCUT2D eigenvalue weighted by molar-refractivity contribution is -0.119. The van der Waals surface area contributed by atoms with Gasteiger partial charge in [0.25, 0.3) is 0 Å². The number of Topliss-reactive ketones (excluding diaryl/α,β-unsaturated/α-hetero) is 1. The highest BCUT2D eigenvalue weighted by Gasteiger charge is 2.50. The number of nitrogens with zero attached hydrogens (tertiary/aromatic N) is 1. The summed E-state index contributed by atoms with van der Waals surface area (Å²) in [6, 6.07) is 0. The van der Waals surface area contributed by atoms with E-state index in [4.69, 9.17) is 5.21 Å². The Bertz CT molecular complexity index is 192. The molecule has 3 nitrogen and oxygen atoms in total. The van der Waals surface area contributed by atoms with E-state index in [1.807, 2.05) is 0 Å². The van der Waals surface area contributed by atoms with Crippen molar-refractivity contribution < 1.29 is 10.0 Å². The molecule has 1 N–H and O–H groups in total. The van der Waals surface area contributed by atoms with E-state index in [1.54, 1.807) is 13.8 Å². The number of ketones is 1. The van der Waals surface area contributed by atoms with Crippen LogP contribution in [0.5, 0.6) is 0 Å². The maximum Gasteiger partial charge on any atom is 0.141 e. The highest BCUT2D eigenvalue weighted by atomic mass is 16.4. The van der Waals surface area contributed by atoms with E-state index in [0.29, 0.717) is 5.71 Å². The molecule has 1 aliphatic rings. The Hall–Kier alpha value is -0.860. The largest absolute Gasteiger partial charge is 0.411 e. The molecule has 0 atom stereocenters. The van der Waals surface area contributed by atoms with Gasteiger partial charge in [-0.25, -0.2) is 0 Å². The maximum atomic E-state index is 10.9. The lowest BCUT2D eigenvalue weighted by Gasteiger charge is -2.07. The summed E-state index contributed by atoms with van der Waals surface area (Å²) in [5, 5.41) is 11.4. The van der Waals surface area contributed by atoms with E-state index in [0.717, 1.165) is 12.8 Å². The normalized spacial score (nSPS) is 22.4. The summed E-state index contributed by atoms with van der Waals surface area (Å²) in [5.41, 5.74) is 0.175. The van der Waals surface area contributed by atoms with Crippen molar-refractivity contribution in [2.75, 3.05) is 0 Å². The summed E-state index contributed by atoms with van der Waals surface area (Å²) in [6.07, 6.45) is 1.69. The van der Waals surface area contributed by atoms with Crippen molar-refractivity contribution in [1.29, 1.82) is 0 Å². The molecule has 1 aliphatic carbocycles. The van der Waals surface area contributed by atoms with E-state index in [9.17, 15) is 4.79 Å². The zero-order chi connectivity index (χ0) is 7.78. The zero-order valence-corrected chi connectivity index (χ0v) is 6.22. The average molecular weight is 141 g/mol. The third kappa shape index (κ3) is 0.818. The van der Waals surface area contributed by atoms with E-state index in [2.05, 4.69) is 5.16 Å². The quantitative estimate of drug-likeness (QED) is 0.357. The fraction of sp³-hybridized carbons (Fsp3) is 0.714. The van der Waals surface area contributed by atoms with Crippen LogP contribution in [-0.2, 0) is 4.79 Å². The first-order chi connectivity index (χ1) is 4.63. The molecule has 0 saturated heterocycles. The lowest BCUT2D eigenvalue weighted by Crippen LogP contribution is -2.20. The summed E-state index contributed by atoms with van der Waals surface area (Å²) in [7, 11) is 0. The molecule has 0 aromatic rings. The molecule has 0 heterocycles. The Morgan fingerprint density at radius 1 is 1.50 bits per heavy atom.